The van der Waals surface area contributed by atoms with Crippen LogP contribution in [0.1, 0.15) is 50.6 Å². The third kappa shape index (κ3) is 3.53. The summed E-state index contributed by atoms with van der Waals surface area (Å²) in [6.45, 7) is 2.31. The maximum Gasteiger partial charge on any atom is 0.0595 e. The van der Waals surface area contributed by atoms with Gasteiger partial charge < -0.3 is 5.32 Å². The minimum Gasteiger partial charge on any atom is -0.313 e. The molecule has 3 heteroatoms. The lowest BCUT2D eigenvalue weighted by Gasteiger charge is -2.35. The maximum absolute atomic E-state index is 6.47. The summed E-state index contributed by atoms with van der Waals surface area (Å²) in [6.07, 6.45) is 6.69. The molecule has 1 aromatic rings. The van der Waals surface area contributed by atoms with Gasteiger partial charge in [-0.3, -0.25) is 0 Å². The molecule has 0 spiro atoms. The molecule has 0 aromatic heterocycles. The Labute approximate surface area is 130 Å². The Balaban J connectivity index is 2.21. The molecule has 0 heterocycles. The molecule has 3 unspecified atom stereocenters. The molecular weight excluding hydrogens is 322 g/mol. The van der Waals surface area contributed by atoms with Gasteiger partial charge in [0.25, 0.3) is 0 Å². The first-order valence-corrected chi connectivity index (χ1v) is 8.45. The van der Waals surface area contributed by atoms with E-state index in [0.29, 0.717) is 12.0 Å². The minimum absolute atomic E-state index is 0.374. The van der Waals surface area contributed by atoms with E-state index < -0.39 is 0 Å². The van der Waals surface area contributed by atoms with Crippen LogP contribution in [0.3, 0.4) is 0 Å². The van der Waals surface area contributed by atoms with Crippen LogP contribution in [0, 0.1) is 11.8 Å². The molecule has 0 bridgehead atoms. The molecule has 106 valence electrons. The highest BCUT2D eigenvalue weighted by Gasteiger charge is 2.29. The molecule has 0 aliphatic heterocycles. The Morgan fingerprint density at radius 3 is 2.89 bits per heavy atom. The van der Waals surface area contributed by atoms with Crippen LogP contribution in [-0.2, 0) is 0 Å². The van der Waals surface area contributed by atoms with Gasteiger partial charge in [0.05, 0.1) is 5.02 Å². The van der Waals surface area contributed by atoms with Gasteiger partial charge >= 0.3 is 0 Å². The summed E-state index contributed by atoms with van der Waals surface area (Å²) in [5, 5.41) is 4.36. The zero-order valence-corrected chi connectivity index (χ0v) is 14.1. The average Bonchev–Trinajstić information content (AvgIpc) is 2.44. The number of benzene rings is 1. The molecule has 1 fully saturated rings. The van der Waals surface area contributed by atoms with E-state index in [0.717, 1.165) is 15.4 Å². The summed E-state index contributed by atoms with van der Waals surface area (Å²) in [5.74, 6) is 1.59. The monoisotopic (exact) mass is 343 g/mol. The quantitative estimate of drug-likeness (QED) is 0.752. The molecule has 19 heavy (non-hydrogen) atoms. The second kappa shape index (κ2) is 7.10. The van der Waals surface area contributed by atoms with Crippen molar-refractivity contribution in [2.24, 2.45) is 11.8 Å². The van der Waals surface area contributed by atoms with E-state index >= 15 is 0 Å². The molecule has 0 radical (unpaired) electrons. The molecule has 1 nitrogen and oxygen atoms in total. The molecule has 3 atom stereocenters. The standard InChI is InChI=1S/C16H23BrClN/c1-3-11-6-4-7-12(10-11)16(19-2)13-8-5-9-14(17)15(13)18/h5,8-9,11-12,16,19H,3-4,6-7,10H2,1-2H3. The zero-order chi connectivity index (χ0) is 13.8. The smallest absolute Gasteiger partial charge is 0.0595 e. The number of hydrogen-bond acceptors (Lipinski definition) is 1. The summed E-state index contributed by atoms with van der Waals surface area (Å²) >= 11 is 10.0. The van der Waals surface area contributed by atoms with Crippen LogP contribution in [0.4, 0.5) is 0 Å². The highest BCUT2D eigenvalue weighted by atomic mass is 79.9. The number of halogens is 2. The van der Waals surface area contributed by atoms with E-state index in [2.05, 4.69) is 47.4 Å². The summed E-state index contributed by atoms with van der Waals surface area (Å²) < 4.78 is 0.995. The van der Waals surface area contributed by atoms with Crippen molar-refractivity contribution in [3.8, 4) is 0 Å². The van der Waals surface area contributed by atoms with Gasteiger partial charge in [-0.05, 0) is 59.3 Å². The van der Waals surface area contributed by atoms with Gasteiger partial charge in [-0.1, -0.05) is 49.9 Å². The number of nitrogens with one attached hydrogen (secondary N) is 1. The fourth-order valence-electron chi connectivity index (χ4n) is 3.41. The van der Waals surface area contributed by atoms with Gasteiger partial charge in [-0.25, -0.2) is 0 Å². The third-order valence-electron chi connectivity index (χ3n) is 4.50. The van der Waals surface area contributed by atoms with Crippen LogP contribution in [0.15, 0.2) is 22.7 Å². The van der Waals surface area contributed by atoms with Crippen molar-refractivity contribution in [2.75, 3.05) is 7.05 Å². The van der Waals surface area contributed by atoms with Crippen molar-refractivity contribution >= 4 is 27.5 Å². The molecule has 2 rings (SSSR count). The number of rotatable bonds is 4. The first kappa shape index (κ1) is 15.3. The summed E-state index contributed by atoms with van der Waals surface area (Å²) in [5.41, 5.74) is 1.24. The van der Waals surface area contributed by atoms with Crippen LogP contribution in [-0.4, -0.2) is 7.05 Å². The van der Waals surface area contributed by atoms with Crippen molar-refractivity contribution in [3.05, 3.63) is 33.3 Å². The van der Waals surface area contributed by atoms with E-state index in [1.165, 1.54) is 37.7 Å². The van der Waals surface area contributed by atoms with E-state index in [1.807, 2.05) is 6.07 Å². The zero-order valence-electron chi connectivity index (χ0n) is 11.8. The second-order valence-corrected chi connectivity index (χ2v) is 6.84. The molecule has 1 aromatic carbocycles. The average molecular weight is 345 g/mol. The van der Waals surface area contributed by atoms with E-state index in [1.54, 1.807) is 0 Å². The SMILES string of the molecule is CCC1CCCC(C(NC)c2cccc(Br)c2Cl)C1. The van der Waals surface area contributed by atoms with Crippen molar-refractivity contribution in [1.82, 2.24) is 5.32 Å². The summed E-state index contributed by atoms with van der Waals surface area (Å²) in [7, 11) is 2.05. The second-order valence-electron chi connectivity index (χ2n) is 5.61. The fraction of sp³-hybridized carbons (Fsp3) is 0.625. The van der Waals surface area contributed by atoms with Gasteiger partial charge in [-0.15, -0.1) is 0 Å². The van der Waals surface area contributed by atoms with Crippen LogP contribution < -0.4 is 5.32 Å². The van der Waals surface area contributed by atoms with Gasteiger partial charge in [0.15, 0.2) is 0 Å². The van der Waals surface area contributed by atoms with Gasteiger partial charge in [-0.2, -0.15) is 0 Å². The molecule has 1 saturated carbocycles. The van der Waals surface area contributed by atoms with Crippen molar-refractivity contribution in [3.63, 3.8) is 0 Å². The predicted molar refractivity (Wildman–Crippen MR) is 86.7 cm³/mol. The molecule has 1 aliphatic carbocycles. The number of hydrogen-bond donors (Lipinski definition) is 1. The Morgan fingerprint density at radius 1 is 1.42 bits per heavy atom. The third-order valence-corrected chi connectivity index (χ3v) is 5.81. The van der Waals surface area contributed by atoms with Gasteiger partial charge in [0.1, 0.15) is 0 Å². The Kier molecular flexibility index (Phi) is 5.73. The van der Waals surface area contributed by atoms with Gasteiger partial charge in [0, 0.05) is 10.5 Å². The molecular formula is C16H23BrClN. The Bertz CT molecular complexity index is 421. The normalized spacial score (nSPS) is 25.3. The molecule has 1 aliphatic rings. The van der Waals surface area contributed by atoms with Crippen molar-refractivity contribution in [1.29, 1.82) is 0 Å². The van der Waals surface area contributed by atoms with E-state index in [9.17, 15) is 0 Å². The van der Waals surface area contributed by atoms with Crippen LogP contribution in [0.2, 0.25) is 5.02 Å². The minimum atomic E-state index is 0.374. The highest BCUT2D eigenvalue weighted by molar-refractivity contribution is 9.10. The summed E-state index contributed by atoms with van der Waals surface area (Å²) in [6, 6.07) is 6.62. The first-order valence-electron chi connectivity index (χ1n) is 7.28. The van der Waals surface area contributed by atoms with E-state index in [4.69, 9.17) is 11.6 Å². The summed E-state index contributed by atoms with van der Waals surface area (Å²) in [4.78, 5) is 0. The largest absolute Gasteiger partial charge is 0.313 e. The van der Waals surface area contributed by atoms with Gasteiger partial charge in [0.2, 0.25) is 0 Å². The molecule has 0 saturated heterocycles. The maximum atomic E-state index is 6.47. The van der Waals surface area contributed by atoms with Crippen LogP contribution in [0.5, 0.6) is 0 Å². The first-order chi connectivity index (χ1) is 9.17. The van der Waals surface area contributed by atoms with Crippen molar-refractivity contribution < 1.29 is 0 Å². The lowest BCUT2D eigenvalue weighted by molar-refractivity contribution is 0.214. The predicted octanol–water partition coefficient (Wildman–Crippen LogP) is 5.58. The van der Waals surface area contributed by atoms with Crippen molar-refractivity contribution in [2.45, 2.75) is 45.1 Å². The lowest BCUT2D eigenvalue weighted by atomic mass is 9.75. The van der Waals surface area contributed by atoms with Crippen LogP contribution >= 0.6 is 27.5 Å². The lowest BCUT2D eigenvalue weighted by Crippen LogP contribution is -2.29. The highest BCUT2D eigenvalue weighted by Crippen LogP contribution is 2.41. The molecule has 0 amide bonds. The fourth-order valence-corrected chi connectivity index (χ4v) is 4.04. The Morgan fingerprint density at radius 2 is 2.21 bits per heavy atom. The van der Waals surface area contributed by atoms with E-state index in [-0.39, 0.29) is 0 Å². The Hall–Kier alpha value is -0.0500. The van der Waals surface area contributed by atoms with Crippen LogP contribution in [0.25, 0.3) is 0 Å². The topological polar surface area (TPSA) is 12.0 Å². The molecule has 1 N–H and O–H groups in total.